The van der Waals surface area contributed by atoms with Gasteiger partial charge < -0.3 is 0 Å². The number of anilines is 2. The largest absolute Gasteiger partial charge is 0.340 e. The van der Waals surface area contributed by atoms with Crippen LogP contribution in [0, 0.1) is 27.7 Å². The highest BCUT2D eigenvalue weighted by Crippen LogP contribution is 2.31. The summed E-state index contributed by atoms with van der Waals surface area (Å²) in [6.45, 7) is 8.13. The van der Waals surface area contributed by atoms with E-state index in [1.807, 2.05) is 125 Å². The third-order valence-corrected chi connectivity index (χ3v) is 6.13. The topological polar surface area (TPSA) is 48.3 Å². The van der Waals surface area contributed by atoms with Crippen LogP contribution in [0.3, 0.4) is 0 Å². The van der Waals surface area contributed by atoms with Crippen LogP contribution in [0.2, 0.25) is 0 Å². The van der Waals surface area contributed by atoms with Crippen molar-refractivity contribution in [2.75, 3.05) is 9.80 Å². The second-order valence-corrected chi connectivity index (χ2v) is 9.17. The molecule has 4 aromatic rings. The van der Waals surface area contributed by atoms with Gasteiger partial charge in [0.2, 0.25) is 0 Å². The van der Waals surface area contributed by atoms with Crippen LogP contribution in [0.25, 0.3) is 0 Å². The summed E-state index contributed by atoms with van der Waals surface area (Å²) in [7, 11) is 0. The van der Waals surface area contributed by atoms with Crippen molar-refractivity contribution < 1.29 is 4.79 Å². The van der Waals surface area contributed by atoms with Gasteiger partial charge in [-0.1, -0.05) is 70.8 Å². The van der Waals surface area contributed by atoms with Gasteiger partial charge in [0.15, 0.2) is 11.7 Å². The summed E-state index contributed by atoms with van der Waals surface area (Å²) < 4.78 is 0. The summed E-state index contributed by atoms with van der Waals surface area (Å²) in [5, 5.41) is 0. The molecule has 0 aromatic heterocycles. The van der Waals surface area contributed by atoms with E-state index in [4.69, 9.17) is 9.98 Å². The van der Waals surface area contributed by atoms with Crippen LogP contribution in [0.15, 0.2) is 107 Å². The van der Waals surface area contributed by atoms with Crippen molar-refractivity contribution in [3.8, 4) is 0 Å². The van der Waals surface area contributed by atoms with E-state index in [1.54, 1.807) is 9.80 Å². The predicted molar refractivity (Wildman–Crippen MR) is 149 cm³/mol. The van der Waals surface area contributed by atoms with Gasteiger partial charge in [0.25, 0.3) is 0 Å². The Morgan fingerprint density at radius 3 is 1.03 bits per heavy atom. The number of rotatable bonds is 4. The summed E-state index contributed by atoms with van der Waals surface area (Å²) >= 11 is 0. The molecule has 0 aliphatic carbocycles. The van der Waals surface area contributed by atoms with Gasteiger partial charge in [0.05, 0.1) is 22.7 Å². The van der Waals surface area contributed by atoms with Gasteiger partial charge in [-0.15, -0.1) is 0 Å². The Hall–Kier alpha value is -4.51. The molecule has 0 N–H and O–H groups in total. The monoisotopic (exact) mass is 472 g/mol. The number of benzene rings is 4. The van der Waals surface area contributed by atoms with E-state index >= 15 is 0 Å². The summed E-state index contributed by atoms with van der Waals surface area (Å²) in [6.07, 6.45) is 0. The van der Waals surface area contributed by atoms with Gasteiger partial charge in [0.1, 0.15) is 0 Å². The second kappa shape index (κ2) is 9.62. The van der Waals surface area contributed by atoms with Crippen molar-refractivity contribution in [2.45, 2.75) is 27.7 Å². The zero-order chi connectivity index (χ0) is 25.2. The first-order valence-corrected chi connectivity index (χ1v) is 12.0. The number of carbonyl (C=O) groups excluding carboxylic acids is 1. The predicted octanol–water partition coefficient (Wildman–Crippen LogP) is 7.83. The Morgan fingerprint density at radius 2 is 0.722 bits per heavy atom. The molecule has 1 saturated heterocycles. The fourth-order valence-electron chi connectivity index (χ4n) is 4.02. The van der Waals surface area contributed by atoms with Crippen molar-refractivity contribution >= 4 is 40.5 Å². The van der Waals surface area contributed by atoms with Crippen LogP contribution in [0.4, 0.5) is 27.5 Å². The molecule has 5 heteroatoms. The normalized spacial score (nSPS) is 15.8. The number of aliphatic imine (C=N–C) groups is 2. The quantitative estimate of drug-likeness (QED) is 0.299. The molecule has 0 unspecified atom stereocenters. The van der Waals surface area contributed by atoms with Crippen molar-refractivity contribution in [2.24, 2.45) is 9.98 Å². The highest BCUT2D eigenvalue weighted by molar-refractivity contribution is 6.64. The summed E-state index contributed by atoms with van der Waals surface area (Å²) in [6, 6.07) is 31.4. The average Bonchev–Trinajstić information content (AvgIpc) is 3.13. The molecule has 0 bridgehead atoms. The maximum absolute atomic E-state index is 14.1. The molecule has 1 heterocycles. The fourth-order valence-corrected chi connectivity index (χ4v) is 4.02. The molecule has 1 fully saturated rings. The number of urea groups is 1. The van der Waals surface area contributed by atoms with Crippen molar-refractivity contribution in [3.63, 3.8) is 0 Å². The Balaban J connectivity index is 1.75. The molecule has 36 heavy (non-hydrogen) atoms. The minimum absolute atomic E-state index is 0.223. The first-order valence-electron chi connectivity index (χ1n) is 12.0. The average molecular weight is 473 g/mol. The number of carbonyl (C=O) groups is 1. The van der Waals surface area contributed by atoms with Gasteiger partial charge in [-0.05, 0) is 76.2 Å². The number of aryl methyl sites for hydroxylation is 4. The second-order valence-electron chi connectivity index (χ2n) is 9.17. The standard InChI is InChI=1S/C31H28N4O/c1-21-5-13-25(14-6-21)32-29-30(33-26-15-7-22(2)8-16-26)35(28-19-11-24(4)12-20-28)31(36)34(29)27-17-9-23(3)10-18-27/h5-20H,1-4H3. The number of amidine groups is 2. The van der Waals surface area contributed by atoms with Crippen molar-refractivity contribution in [1.29, 1.82) is 0 Å². The number of amides is 2. The lowest BCUT2D eigenvalue weighted by molar-refractivity contribution is 0.257. The van der Waals surface area contributed by atoms with Crippen LogP contribution in [0.5, 0.6) is 0 Å². The minimum atomic E-state index is -0.223. The lowest BCUT2D eigenvalue weighted by Crippen LogP contribution is -2.33. The van der Waals surface area contributed by atoms with Crippen molar-refractivity contribution in [1.82, 2.24) is 0 Å². The molecule has 0 radical (unpaired) electrons. The molecule has 0 spiro atoms. The third kappa shape index (κ3) is 4.68. The first-order chi connectivity index (χ1) is 17.4. The lowest BCUT2D eigenvalue weighted by Gasteiger charge is -2.17. The molecule has 5 nitrogen and oxygen atoms in total. The molecule has 0 atom stereocenters. The van der Waals surface area contributed by atoms with Crippen LogP contribution in [-0.4, -0.2) is 17.7 Å². The summed E-state index contributed by atoms with van der Waals surface area (Å²) in [4.78, 5) is 27.3. The summed E-state index contributed by atoms with van der Waals surface area (Å²) in [5.41, 5.74) is 7.51. The van der Waals surface area contributed by atoms with E-state index in [1.165, 1.54) is 0 Å². The van der Waals surface area contributed by atoms with Gasteiger partial charge in [-0.2, -0.15) is 0 Å². The Kier molecular flexibility index (Phi) is 6.21. The number of nitrogens with zero attached hydrogens (tertiary/aromatic N) is 4. The highest BCUT2D eigenvalue weighted by atomic mass is 16.2. The molecule has 2 amide bonds. The lowest BCUT2D eigenvalue weighted by atomic mass is 10.2. The van der Waals surface area contributed by atoms with Crippen LogP contribution in [0.1, 0.15) is 22.3 Å². The number of hydrogen-bond acceptors (Lipinski definition) is 3. The van der Waals surface area contributed by atoms with Crippen LogP contribution >= 0.6 is 0 Å². The molecular formula is C31H28N4O. The van der Waals surface area contributed by atoms with Crippen LogP contribution in [-0.2, 0) is 0 Å². The van der Waals surface area contributed by atoms with E-state index < -0.39 is 0 Å². The van der Waals surface area contributed by atoms with E-state index in [-0.39, 0.29) is 6.03 Å². The van der Waals surface area contributed by atoms with E-state index in [0.717, 1.165) is 45.0 Å². The first kappa shape index (κ1) is 23.2. The molecule has 4 aromatic carbocycles. The Labute approximate surface area is 212 Å². The third-order valence-electron chi connectivity index (χ3n) is 6.13. The zero-order valence-corrected chi connectivity index (χ0v) is 20.9. The Morgan fingerprint density at radius 1 is 0.444 bits per heavy atom. The molecule has 5 rings (SSSR count). The van der Waals surface area contributed by atoms with E-state index in [0.29, 0.717) is 11.7 Å². The maximum atomic E-state index is 14.1. The number of hydrogen-bond donors (Lipinski definition) is 0. The van der Waals surface area contributed by atoms with E-state index in [2.05, 4.69) is 0 Å². The maximum Gasteiger partial charge on any atom is 0.340 e. The molecular weight excluding hydrogens is 444 g/mol. The summed E-state index contributed by atoms with van der Waals surface area (Å²) in [5.74, 6) is 0.961. The fraction of sp³-hybridized carbons (Fsp3) is 0.129. The highest BCUT2D eigenvalue weighted by Gasteiger charge is 2.43. The molecule has 178 valence electrons. The molecule has 0 saturated carbocycles. The van der Waals surface area contributed by atoms with Crippen LogP contribution < -0.4 is 9.80 Å². The van der Waals surface area contributed by atoms with Gasteiger partial charge in [-0.3, -0.25) is 0 Å². The zero-order valence-electron chi connectivity index (χ0n) is 20.9. The van der Waals surface area contributed by atoms with Crippen molar-refractivity contribution in [3.05, 3.63) is 119 Å². The minimum Gasteiger partial charge on any atom is -0.247 e. The van der Waals surface area contributed by atoms with E-state index in [9.17, 15) is 4.79 Å². The molecule has 1 aliphatic rings. The smallest absolute Gasteiger partial charge is 0.247 e. The van der Waals surface area contributed by atoms with Gasteiger partial charge >= 0.3 is 6.03 Å². The van der Waals surface area contributed by atoms with Gasteiger partial charge in [0, 0.05) is 0 Å². The SMILES string of the molecule is Cc1ccc(N=C2C(=Nc3ccc(C)cc3)N(c3ccc(C)cc3)C(=O)N2c2ccc(C)cc2)cc1. The Bertz CT molecular complexity index is 1340. The molecule has 1 aliphatic heterocycles. The van der Waals surface area contributed by atoms with Gasteiger partial charge in [-0.25, -0.2) is 24.6 Å².